The van der Waals surface area contributed by atoms with Gasteiger partial charge in [0.05, 0.1) is 4.92 Å². The molecule has 2 aromatic rings. The van der Waals surface area contributed by atoms with Gasteiger partial charge in [-0.05, 0) is 12.5 Å². The molecule has 0 aliphatic rings. The summed E-state index contributed by atoms with van der Waals surface area (Å²) in [5.74, 6) is 4.74. The molecule has 0 bridgehead atoms. The van der Waals surface area contributed by atoms with Gasteiger partial charge in [-0.1, -0.05) is 17.3 Å². The molecule has 9 heteroatoms. The largest absolute Gasteiger partial charge is 0.478 e. The Morgan fingerprint density at radius 2 is 2.33 bits per heavy atom. The number of carbonyl (C=O) groups is 1. The first-order chi connectivity index (χ1) is 10.0. The molecule has 110 valence electrons. The van der Waals surface area contributed by atoms with Crippen molar-refractivity contribution in [3.63, 3.8) is 0 Å². The van der Waals surface area contributed by atoms with Crippen LogP contribution in [-0.2, 0) is 6.61 Å². The quantitative estimate of drug-likeness (QED) is 0.364. The number of nitrogens with zero attached hydrogens (tertiary/aromatic N) is 2. The second-order valence-electron chi connectivity index (χ2n) is 4.12. The topological polar surface area (TPSA) is 134 Å². The molecule has 0 atom stereocenters. The number of amides is 1. The second kappa shape index (κ2) is 6.01. The lowest BCUT2D eigenvalue weighted by molar-refractivity contribution is -0.386. The average molecular weight is 292 g/mol. The van der Waals surface area contributed by atoms with Crippen LogP contribution in [-0.4, -0.2) is 16.0 Å². The maximum Gasteiger partial charge on any atom is 0.311 e. The number of nitrogens with one attached hydrogen (secondary N) is 1. The summed E-state index contributed by atoms with van der Waals surface area (Å²) >= 11 is 0. The predicted octanol–water partition coefficient (Wildman–Crippen LogP) is 1.07. The Morgan fingerprint density at radius 1 is 1.57 bits per heavy atom. The van der Waals surface area contributed by atoms with E-state index in [9.17, 15) is 14.9 Å². The molecule has 0 aliphatic carbocycles. The van der Waals surface area contributed by atoms with E-state index in [0.717, 1.165) is 0 Å². The van der Waals surface area contributed by atoms with Crippen molar-refractivity contribution in [1.82, 2.24) is 10.6 Å². The summed E-state index contributed by atoms with van der Waals surface area (Å²) in [6, 6.07) is 5.94. The maximum atomic E-state index is 11.2. The Kier molecular flexibility index (Phi) is 4.14. The van der Waals surface area contributed by atoms with Gasteiger partial charge < -0.3 is 9.26 Å². The van der Waals surface area contributed by atoms with Crippen LogP contribution < -0.4 is 16.0 Å². The minimum absolute atomic E-state index is 0.00427. The summed E-state index contributed by atoms with van der Waals surface area (Å²) in [4.78, 5) is 21.6. The van der Waals surface area contributed by atoms with Gasteiger partial charge in [-0.2, -0.15) is 0 Å². The number of ether oxygens (including phenoxy) is 1. The van der Waals surface area contributed by atoms with E-state index in [1.54, 1.807) is 19.1 Å². The molecule has 1 aromatic carbocycles. The molecule has 1 aromatic heterocycles. The van der Waals surface area contributed by atoms with Gasteiger partial charge >= 0.3 is 5.69 Å². The lowest BCUT2D eigenvalue weighted by atomic mass is 10.2. The molecule has 0 aliphatic heterocycles. The van der Waals surface area contributed by atoms with Gasteiger partial charge in [0, 0.05) is 12.1 Å². The monoisotopic (exact) mass is 292 g/mol. The van der Waals surface area contributed by atoms with Crippen LogP contribution in [0.1, 0.15) is 21.8 Å². The van der Waals surface area contributed by atoms with Gasteiger partial charge in [0.1, 0.15) is 6.61 Å². The molecule has 2 rings (SSSR count). The fourth-order valence-electron chi connectivity index (χ4n) is 1.67. The fraction of sp³-hybridized carbons (Fsp3) is 0.167. The number of carbonyl (C=O) groups excluding carboxylic acids is 1. The minimum Gasteiger partial charge on any atom is -0.478 e. The first-order valence-electron chi connectivity index (χ1n) is 5.86. The van der Waals surface area contributed by atoms with E-state index in [1.165, 1.54) is 12.1 Å². The van der Waals surface area contributed by atoms with Crippen molar-refractivity contribution in [2.24, 2.45) is 5.84 Å². The van der Waals surface area contributed by atoms with Crippen LogP contribution >= 0.6 is 0 Å². The molecular formula is C12H12N4O5. The third-order valence-electron chi connectivity index (χ3n) is 2.67. The Bertz CT molecular complexity index is 682. The molecule has 1 amide bonds. The van der Waals surface area contributed by atoms with Crippen molar-refractivity contribution >= 4 is 11.6 Å². The number of nitrogen functional groups attached to an aromatic ring is 1. The van der Waals surface area contributed by atoms with Crippen LogP contribution in [0.25, 0.3) is 0 Å². The summed E-state index contributed by atoms with van der Waals surface area (Å²) < 4.78 is 10.3. The molecule has 0 fully saturated rings. The van der Waals surface area contributed by atoms with E-state index in [4.69, 9.17) is 15.1 Å². The smallest absolute Gasteiger partial charge is 0.311 e. The van der Waals surface area contributed by atoms with Crippen molar-refractivity contribution in [3.05, 3.63) is 51.4 Å². The summed E-state index contributed by atoms with van der Waals surface area (Å²) in [6.07, 6.45) is 0. The van der Waals surface area contributed by atoms with Crippen molar-refractivity contribution in [2.75, 3.05) is 0 Å². The van der Waals surface area contributed by atoms with Crippen molar-refractivity contribution < 1.29 is 19.0 Å². The number of aromatic nitrogens is 1. The van der Waals surface area contributed by atoms with Gasteiger partial charge in [-0.3, -0.25) is 20.3 Å². The van der Waals surface area contributed by atoms with E-state index >= 15 is 0 Å². The molecule has 0 spiro atoms. The Labute approximate surface area is 118 Å². The number of hydrazine groups is 1. The number of aryl methyl sites for hydroxylation is 1. The van der Waals surface area contributed by atoms with Crippen molar-refractivity contribution in [1.29, 1.82) is 0 Å². The van der Waals surface area contributed by atoms with Crippen molar-refractivity contribution in [2.45, 2.75) is 13.5 Å². The number of nitrogens with two attached hydrogens (primary N) is 1. The maximum absolute atomic E-state index is 11.2. The molecule has 0 radical (unpaired) electrons. The van der Waals surface area contributed by atoms with Crippen LogP contribution in [0.2, 0.25) is 0 Å². The standard InChI is InChI=1S/C12H12N4O5/c1-7-3-2-4-10(16(18)19)11(7)20-6-8-5-9(15-21-8)12(17)14-13/h2-5H,6,13H2,1H3,(H,14,17). The fourth-order valence-corrected chi connectivity index (χ4v) is 1.67. The highest BCUT2D eigenvalue weighted by Gasteiger charge is 2.18. The molecule has 0 unspecified atom stereocenters. The van der Waals surface area contributed by atoms with Gasteiger partial charge in [0.15, 0.2) is 11.5 Å². The number of benzene rings is 1. The van der Waals surface area contributed by atoms with E-state index in [-0.39, 0.29) is 29.5 Å². The van der Waals surface area contributed by atoms with Crippen LogP contribution in [0.5, 0.6) is 5.75 Å². The number of nitro benzene ring substituents is 1. The number of hydrogen-bond acceptors (Lipinski definition) is 7. The summed E-state index contributed by atoms with van der Waals surface area (Å²) in [5.41, 5.74) is 2.38. The Morgan fingerprint density at radius 3 is 3.00 bits per heavy atom. The normalized spacial score (nSPS) is 10.2. The Hall–Kier alpha value is -2.94. The Balaban J connectivity index is 2.15. The molecule has 3 N–H and O–H groups in total. The van der Waals surface area contributed by atoms with Crippen molar-refractivity contribution in [3.8, 4) is 5.75 Å². The van der Waals surface area contributed by atoms with Gasteiger partial charge in [-0.25, -0.2) is 5.84 Å². The zero-order valence-corrected chi connectivity index (χ0v) is 11.0. The van der Waals surface area contributed by atoms with Gasteiger partial charge in [0.25, 0.3) is 5.91 Å². The van der Waals surface area contributed by atoms with Crippen LogP contribution in [0, 0.1) is 17.0 Å². The van der Waals surface area contributed by atoms with Gasteiger partial charge in [-0.15, -0.1) is 0 Å². The van der Waals surface area contributed by atoms with E-state index in [1.807, 2.05) is 5.43 Å². The molecule has 0 saturated carbocycles. The molecule has 1 heterocycles. The number of rotatable bonds is 5. The zero-order chi connectivity index (χ0) is 15.4. The first kappa shape index (κ1) is 14.5. The molecule has 9 nitrogen and oxygen atoms in total. The number of para-hydroxylation sites is 1. The lowest BCUT2D eigenvalue weighted by Gasteiger charge is -2.07. The van der Waals surface area contributed by atoms with Gasteiger partial charge in [0.2, 0.25) is 5.75 Å². The zero-order valence-electron chi connectivity index (χ0n) is 11.0. The van der Waals surface area contributed by atoms with Crippen LogP contribution in [0.15, 0.2) is 28.8 Å². The minimum atomic E-state index is -0.605. The predicted molar refractivity (Wildman–Crippen MR) is 70.3 cm³/mol. The summed E-state index contributed by atoms with van der Waals surface area (Å²) in [6.45, 7) is 1.59. The first-order valence-corrected chi connectivity index (χ1v) is 5.86. The summed E-state index contributed by atoms with van der Waals surface area (Å²) in [7, 11) is 0. The molecular weight excluding hydrogens is 280 g/mol. The number of hydrogen-bond donors (Lipinski definition) is 2. The highest BCUT2D eigenvalue weighted by Crippen LogP contribution is 2.30. The SMILES string of the molecule is Cc1cccc([N+](=O)[O-])c1OCc1cc(C(=O)NN)no1. The van der Waals surface area contributed by atoms with Crippen LogP contribution in [0.3, 0.4) is 0 Å². The molecule has 0 saturated heterocycles. The molecule has 21 heavy (non-hydrogen) atoms. The average Bonchev–Trinajstić information content (AvgIpc) is 2.93. The highest BCUT2D eigenvalue weighted by molar-refractivity contribution is 5.91. The van der Waals surface area contributed by atoms with Crippen LogP contribution in [0.4, 0.5) is 5.69 Å². The highest BCUT2D eigenvalue weighted by atomic mass is 16.6. The van der Waals surface area contributed by atoms with E-state index in [0.29, 0.717) is 5.56 Å². The number of nitro groups is 1. The van der Waals surface area contributed by atoms with E-state index < -0.39 is 10.8 Å². The van der Waals surface area contributed by atoms with E-state index in [2.05, 4.69) is 5.16 Å². The lowest BCUT2D eigenvalue weighted by Crippen LogP contribution is -2.30. The second-order valence-corrected chi connectivity index (χ2v) is 4.12. The third kappa shape index (κ3) is 3.15. The third-order valence-corrected chi connectivity index (χ3v) is 2.67. The summed E-state index contributed by atoms with van der Waals surface area (Å²) in [5, 5.41) is 14.4.